The van der Waals surface area contributed by atoms with E-state index < -0.39 is 35.4 Å². The molecule has 0 unspecified atom stereocenters. The lowest BCUT2D eigenvalue weighted by Gasteiger charge is -2.42. The monoisotopic (exact) mass is 561 g/mol. The van der Waals surface area contributed by atoms with E-state index in [9.17, 15) is 26.7 Å². The molecule has 2 atom stereocenters. The molecule has 212 valence electrons. The van der Waals surface area contributed by atoms with Gasteiger partial charge in [-0.05, 0) is 47.4 Å². The highest BCUT2D eigenvalue weighted by atomic mass is 19.4. The van der Waals surface area contributed by atoms with Crippen molar-refractivity contribution in [1.29, 1.82) is 0 Å². The van der Waals surface area contributed by atoms with Crippen LogP contribution in [-0.2, 0) is 42.9 Å². The zero-order chi connectivity index (χ0) is 28.2. The average molecular weight is 562 g/mol. The van der Waals surface area contributed by atoms with Gasteiger partial charge in [-0.3, -0.25) is 9.69 Å². The maximum absolute atomic E-state index is 14.2. The number of aryl methyl sites for hydroxylation is 1. The minimum atomic E-state index is -4.68. The number of carbonyl (C=O) groups is 1. The largest absolute Gasteiger partial charge is 0.416 e. The molecular weight excluding hydrogens is 533 g/mol. The third-order valence-corrected chi connectivity index (χ3v) is 8.19. The van der Waals surface area contributed by atoms with Crippen molar-refractivity contribution in [2.75, 3.05) is 31.2 Å². The molecule has 1 amide bonds. The highest BCUT2D eigenvalue weighted by Crippen LogP contribution is 2.42. The molecule has 2 saturated heterocycles. The quantitative estimate of drug-likeness (QED) is 0.418. The van der Waals surface area contributed by atoms with Crippen LogP contribution < -0.4 is 4.90 Å². The van der Waals surface area contributed by atoms with Gasteiger partial charge in [-0.15, -0.1) is 10.2 Å². The van der Waals surface area contributed by atoms with Gasteiger partial charge in [0, 0.05) is 49.8 Å². The minimum Gasteiger partial charge on any atom is -0.379 e. The summed E-state index contributed by atoms with van der Waals surface area (Å²) in [5.74, 6) is 0.244. The molecule has 40 heavy (non-hydrogen) atoms. The Labute approximate surface area is 227 Å². The second-order valence-electron chi connectivity index (χ2n) is 11.0. The van der Waals surface area contributed by atoms with Crippen LogP contribution in [0.1, 0.15) is 44.9 Å². The van der Waals surface area contributed by atoms with Crippen LogP contribution in [0.3, 0.4) is 0 Å². The van der Waals surface area contributed by atoms with Crippen molar-refractivity contribution < 1.29 is 31.5 Å². The molecule has 3 aliphatic heterocycles. The normalized spacial score (nSPS) is 22.9. The molecule has 0 radical (unpaired) electrons. The predicted octanol–water partition coefficient (Wildman–Crippen LogP) is 4.39. The van der Waals surface area contributed by atoms with Gasteiger partial charge in [0.2, 0.25) is 0 Å². The van der Waals surface area contributed by atoms with E-state index in [1.807, 2.05) is 23.7 Å². The molecule has 4 heterocycles. The number of likely N-dealkylation sites (tertiary alicyclic amines) is 1. The first-order valence-electron chi connectivity index (χ1n) is 13.1. The van der Waals surface area contributed by atoms with Gasteiger partial charge in [-0.2, -0.15) is 13.2 Å². The average Bonchev–Trinajstić information content (AvgIpc) is 3.45. The number of nitrogens with zero attached hydrogens (tertiary/aromatic N) is 5. The summed E-state index contributed by atoms with van der Waals surface area (Å²) in [6.07, 6.45) is -5.79. The van der Waals surface area contributed by atoms with Gasteiger partial charge in [-0.25, -0.2) is 8.78 Å². The van der Waals surface area contributed by atoms with Crippen LogP contribution in [0.15, 0.2) is 42.7 Å². The zero-order valence-electron chi connectivity index (χ0n) is 21.8. The minimum absolute atomic E-state index is 0.00314. The van der Waals surface area contributed by atoms with Gasteiger partial charge >= 0.3 is 6.18 Å². The van der Waals surface area contributed by atoms with Gasteiger partial charge in [0.1, 0.15) is 24.5 Å². The number of anilines is 1. The summed E-state index contributed by atoms with van der Waals surface area (Å²) in [6, 6.07) is 9.74. The predicted molar refractivity (Wildman–Crippen MR) is 135 cm³/mol. The first-order valence-corrected chi connectivity index (χ1v) is 13.1. The second-order valence-corrected chi connectivity index (χ2v) is 11.0. The Kier molecular flexibility index (Phi) is 6.65. The summed E-state index contributed by atoms with van der Waals surface area (Å²) in [7, 11) is 1.85. The molecule has 1 aromatic heterocycles. The summed E-state index contributed by atoms with van der Waals surface area (Å²) >= 11 is 0. The fourth-order valence-electron chi connectivity index (χ4n) is 5.85. The summed E-state index contributed by atoms with van der Waals surface area (Å²) < 4.78 is 77.4. The van der Waals surface area contributed by atoms with Gasteiger partial charge in [0.25, 0.3) is 5.91 Å². The molecule has 7 nitrogen and oxygen atoms in total. The summed E-state index contributed by atoms with van der Waals surface area (Å²) in [4.78, 5) is 16.5. The smallest absolute Gasteiger partial charge is 0.379 e. The van der Waals surface area contributed by atoms with E-state index in [-0.39, 0.29) is 49.3 Å². The molecule has 0 aliphatic carbocycles. The van der Waals surface area contributed by atoms with Gasteiger partial charge in [0.05, 0.1) is 25.3 Å². The topological polar surface area (TPSA) is 63.5 Å². The van der Waals surface area contributed by atoms with E-state index in [1.54, 1.807) is 23.4 Å². The molecular formula is C28H28F5N5O2. The van der Waals surface area contributed by atoms with Crippen molar-refractivity contribution in [3.05, 3.63) is 76.4 Å². The van der Waals surface area contributed by atoms with Crippen LogP contribution >= 0.6 is 0 Å². The first kappa shape index (κ1) is 26.8. The van der Waals surface area contributed by atoms with Gasteiger partial charge in [0.15, 0.2) is 0 Å². The van der Waals surface area contributed by atoms with Gasteiger partial charge in [-0.1, -0.05) is 12.1 Å². The van der Waals surface area contributed by atoms with E-state index >= 15 is 0 Å². The Hall–Kier alpha value is -3.38. The second kappa shape index (κ2) is 9.91. The maximum Gasteiger partial charge on any atom is 0.416 e. The molecule has 2 aromatic carbocycles. The maximum atomic E-state index is 14.2. The lowest BCUT2D eigenvalue weighted by atomic mass is 9.75. The number of fused-ring (bicyclic) bond motifs is 1. The molecule has 0 saturated carbocycles. The van der Waals surface area contributed by atoms with Crippen LogP contribution in [0.4, 0.5) is 27.6 Å². The summed E-state index contributed by atoms with van der Waals surface area (Å²) in [5.41, 5.74) is 0.258. The highest BCUT2D eigenvalue weighted by molar-refractivity contribution is 6.10. The highest BCUT2D eigenvalue weighted by Gasteiger charge is 2.44. The Morgan fingerprint density at radius 2 is 1.93 bits per heavy atom. The molecule has 3 aromatic rings. The number of hydrogen-bond donors (Lipinski definition) is 0. The van der Waals surface area contributed by atoms with Crippen molar-refractivity contribution in [3.8, 4) is 0 Å². The van der Waals surface area contributed by atoms with E-state index in [4.69, 9.17) is 4.74 Å². The van der Waals surface area contributed by atoms with Gasteiger partial charge < -0.3 is 14.2 Å². The molecule has 2 fully saturated rings. The number of halogens is 5. The fraction of sp³-hybridized carbons (Fsp3) is 0.464. The Morgan fingerprint density at radius 3 is 2.58 bits per heavy atom. The number of carbonyl (C=O) groups excluding carboxylic acids is 1. The van der Waals surface area contributed by atoms with Crippen LogP contribution in [0, 0.1) is 0 Å². The molecule has 3 aliphatic rings. The van der Waals surface area contributed by atoms with Crippen LogP contribution in [0.5, 0.6) is 0 Å². The number of benzene rings is 2. The van der Waals surface area contributed by atoms with Crippen LogP contribution in [0.2, 0.25) is 0 Å². The lowest BCUT2D eigenvalue weighted by molar-refractivity contribution is -0.138. The van der Waals surface area contributed by atoms with E-state index in [2.05, 4.69) is 10.2 Å². The molecule has 0 N–H and O–H groups in total. The van der Waals surface area contributed by atoms with Crippen LogP contribution in [-0.4, -0.2) is 64.2 Å². The third kappa shape index (κ3) is 4.77. The fourth-order valence-corrected chi connectivity index (χ4v) is 5.85. The number of alkyl halides is 5. The molecule has 0 bridgehead atoms. The van der Waals surface area contributed by atoms with Crippen molar-refractivity contribution >= 4 is 11.6 Å². The van der Waals surface area contributed by atoms with E-state index in [0.29, 0.717) is 25.3 Å². The Bertz CT molecular complexity index is 1440. The van der Waals surface area contributed by atoms with Crippen molar-refractivity contribution in [3.63, 3.8) is 0 Å². The first-order chi connectivity index (χ1) is 19.0. The number of rotatable bonds is 6. The standard InChI is InChI=1S/C28H28F5N5O2/c1-36-16-34-35-25(36)10-27(14-40-15-27)18-3-2-4-19(9-18)38-12-21-20(26(38)39)7-17(8-22(21)28(31,32)33)11-37-6-5-23(29)24(30)13-37/h2-4,7-9,16,23-24H,5-6,10-15H2,1H3/t23-,24-/m0/s1. The van der Waals surface area contributed by atoms with Crippen molar-refractivity contribution in [1.82, 2.24) is 19.7 Å². The number of hydrogen-bond acceptors (Lipinski definition) is 5. The Balaban J connectivity index is 1.30. The Morgan fingerprint density at radius 1 is 1.12 bits per heavy atom. The summed E-state index contributed by atoms with van der Waals surface area (Å²) in [5, 5.41) is 8.12. The van der Waals surface area contributed by atoms with E-state index in [0.717, 1.165) is 17.5 Å². The number of aromatic nitrogens is 3. The molecule has 0 spiro atoms. The number of piperidine rings is 1. The SMILES string of the molecule is Cn1cnnc1CC1(c2cccc(N3Cc4c(cc(CN5CC[C@H](F)[C@@H](F)C5)cc4C(F)(F)F)C3=O)c2)COC1. The third-order valence-electron chi connectivity index (χ3n) is 8.19. The van der Waals surface area contributed by atoms with E-state index in [1.165, 1.54) is 11.0 Å². The summed E-state index contributed by atoms with van der Waals surface area (Å²) in [6.45, 7) is 0.687. The zero-order valence-corrected chi connectivity index (χ0v) is 21.8. The van der Waals surface area contributed by atoms with Crippen LogP contribution in [0.25, 0.3) is 0 Å². The number of amides is 1. The number of ether oxygens (including phenoxy) is 1. The van der Waals surface area contributed by atoms with Crippen molar-refractivity contribution in [2.45, 2.75) is 49.9 Å². The van der Waals surface area contributed by atoms with Crippen molar-refractivity contribution in [2.24, 2.45) is 7.05 Å². The molecule has 6 rings (SSSR count). The lowest BCUT2D eigenvalue weighted by Crippen LogP contribution is -2.49. The molecule has 12 heteroatoms.